The number of aliphatic hydroxyl groups excluding tert-OH is 1. The number of fused-ring (bicyclic) bond motifs is 1. The number of ether oxygens (including phenoxy) is 1. The molecule has 1 fully saturated rings. The lowest BCUT2D eigenvalue weighted by Crippen LogP contribution is -2.50. The maximum Gasteiger partial charge on any atom is 0.327 e. The second-order valence-electron chi connectivity index (χ2n) is 8.02. The van der Waals surface area contributed by atoms with E-state index in [2.05, 4.69) is 25.3 Å². The Morgan fingerprint density at radius 1 is 1.35 bits per heavy atom. The third-order valence-electron chi connectivity index (χ3n) is 5.90. The quantitative estimate of drug-likeness (QED) is 0.624. The molecule has 1 atom stereocenters. The lowest BCUT2D eigenvalue weighted by Gasteiger charge is -2.46. The molecular weight excluding hydrogens is 420 g/mol. The van der Waals surface area contributed by atoms with E-state index >= 15 is 0 Å². The number of aliphatic carboxylic acids is 1. The fourth-order valence-corrected chi connectivity index (χ4v) is 5.25. The molecule has 5 rings (SSSR count). The summed E-state index contributed by atoms with van der Waals surface area (Å²) in [7, 11) is 0. The second kappa shape index (κ2) is 7.57. The lowest BCUT2D eigenvalue weighted by molar-refractivity contribution is -0.138. The zero-order valence-electron chi connectivity index (χ0n) is 16.9. The van der Waals surface area contributed by atoms with Gasteiger partial charge in [0.1, 0.15) is 11.4 Å². The number of tetrazole rings is 1. The Balaban J connectivity index is 1.27. The summed E-state index contributed by atoms with van der Waals surface area (Å²) < 4.78 is 6.42. The van der Waals surface area contributed by atoms with E-state index in [1.807, 2.05) is 25.1 Å². The fraction of sp³-hybridized carbons (Fsp3) is 0.450. The van der Waals surface area contributed by atoms with E-state index in [0.29, 0.717) is 12.2 Å². The summed E-state index contributed by atoms with van der Waals surface area (Å²) >= 11 is 1.45. The Labute approximate surface area is 182 Å². The van der Waals surface area contributed by atoms with E-state index in [0.717, 1.165) is 57.6 Å². The summed E-state index contributed by atoms with van der Waals surface area (Å²) in [5.41, 5.74) is 1.60. The zero-order chi connectivity index (χ0) is 21.6. The van der Waals surface area contributed by atoms with Crippen LogP contribution in [0.25, 0.3) is 10.7 Å². The first-order valence-electron chi connectivity index (χ1n) is 10.1. The third kappa shape index (κ3) is 3.74. The summed E-state index contributed by atoms with van der Waals surface area (Å²) in [5.74, 6) is 0.132. The molecule has 2 aliphatic rings. The summed E-state index contributed by atoms with van der Waals surface area (Å²) in [6.07, 6.45) is 3.35. The average molecular weight is 443 g/mol. The van der Waals surface area contributed by atoms with Crippen LogP contribution in [0.4, 0.5) is 5.13 Å². The molecule has 0 bridgehead atoms. The van der Waals surface area contributed by atoms with Crippen molar-refractivity contribution < 1.29 is 19.7 Å². The first-order chi connectivity index (χ1) is 14.9. The van der Waals surface area contributed by atoms with Crippen molar-refractivity contribution >= 4 is 22.4 Å². The van der Waals surface area contributed by atoms with E-state index in [1.165, 1.54) is 11.3 Å². The minimum Gasteiger partial charge on any atom is -0.487 e. The molecule has 11 heteroatoms. The van der Waals surface area contributed by atoms with Gasteiger partial charge in [-0.05, 0) is 23.8 Å². The number of carbonyl (C=O) groups is 1. The number of aromatic nitrogens is 5. The predicted octanol–water partition coefficient (Wildman–Crippen LogP) is 2.04. The number of anilines is 1. The van der Waals surface area contributed by atoms with Crippen LogP contribution < -0.4 is 9.64 Å². The van der Waals surface area contributed by atoms with Crippen LogP contribution in [0.2, 0.25) is 0 Å². The number of rotatable bonds is 4. The van der Waals surface area contributed by atoms with Crippen LogP contribution in [-0.2, 0) is 11.3 Å². The summed E-state index contributed by atoms with van der Waals surface area (Å²) in [6, 6.07) is 5.91. The molecule has 1 aromatic carbocycles. The zero-order valence-corrected chi connectivity index (χ0v) is 17.7. The Hall–Kier alpha value is -3.05. The van der Waals surface area contributed by atoms with Gasteiger partial charge in [0.25, 0.3) is 0 Å². The average Bonchev–Trinajstić information content (AvgIpc) is 3.37. The van der Waals surface area contributed by atoms with E-state index in [4.69, 9.17) is 9.84 Å². The molecule has 0 radical (unpaired) electrons. The number of hydrogen-bond donors (Lipinski definition) is 2. The van der Waals surface area contributed by atoms with Gasteiger partial charge in [0, 0.05) is 37.9 Å². The van der Waals surface area contributed by atoms with Gasteiger partial charge in [-0.25, -0.2) is 4.98 Å². The van der Waals surface area contributed by atoms with Crippen molar-refractivity contribution in [3.8, 4) is 16.5 Å². The number of piperidine rings is 1. The minimum absolute atomic E-state index is 0.332. The molecule has 31 heavy (non-hydrogen) atoms. The topological polar surface area (TPSA) is 126 Å². The van der Waals surface area contributed by atoms with Crippen molar-refractivity contribution in [3.05, 3.63) is 35.5 Å². The van der Waals surface area contributed by atoms with Gasteiger partial charge in [0.2, 0.25) is 5.82 Å². The van der Waals surface area contributed by atoms with Gasteiger partial charge in [-0.3, -0.25) is 4.79 Å². The van der Waals surface area contributed by atoms with E-state index < -0.39 is 12.1 Å². The van der Waals surface area contributed by atoms with Crippen LogP contribution in [0.3, 0.4) is 0 Å². The molecule has 0 saturated carbocycles. The fourth-order valence-electron chi connectivity index (χ4n) is 4.36. The molecule has 162 valence electrons. The van der Waals surface area contributed by atoms with Gasteiger partial charge in [0.15, 0.2) is 11.7 Å². The van der Waals surface area contributed by atoms with Crippen molar-refractivity contribution in [2.45, 2.75) is 44.4 Å². The molecule has 2 N–H and O–H groups in total. The summed E-state index contributed by atoms with van der Waals surface area (Å²) in [4.78, 5) is 19.3. The number of carboxylic acid groups (broad SMARTS) is 1. The largest absolute Gasteiger partial charge is 0.487 e. The van der Waals surface area contributed by atoms with Crippen molar-refractivity contribution in [3.63, 3.8) is 0 Å². The number of thiazole rings is 1. The molecule has 0 aliphatic carbocycles. The van der Waals surface area contributed by atoms with Crippen LogP contribution in [0, 0.1) is 6.92 Å². The van der Waals surface area contributed by atoms with Crippen molar-refractivity contribution in [2.75, 3.05) is 18.0 Å². The Bertz CT molecular complexity index is 1120. The monoisotopic (exact) mass is 442 g/mol. The van der Waals surface area contributed by atoms with E-state index in [9.17, 15) is 9.90 Å². The van der Waals surface area contributed by atoms with Crippen molar-refractivity contribution in [2.24, 2.45) is 0 Å². The molecule has 1 unspecified atom stereocenters. The maximum absolute atomic E-state index is 10.8. The van der Waals surface area contributed by atoms with E-state index in [-0.39, 0.29) is 12.1 Å². The van der Waals surface area contributed by atoms with Crippen LogP contribution in [-0.4, -0.2) is 60.1 Å². The molecule has 2 aromatic heterocycles. The van der Waals surface area contributed by atoms with Crippen molar-refractivity contribution in [1.82, 2.24) is 25.2 Å². The molecule has 10 nitrogen and oxygen atoms in total. The highest BCUT2D eigenvalue weighted by atomic mass is 32.1. The van der Waals surface area contributed by atoms with Gasteiger partial charge in [-0.1, -0.05) is 23.5 Å². The van der Waals surface area contributed by atoms with Crippen molar-refractivity contribution in [1.29, 1.82) is 0 Å². The van der Waals surface area contributed by atoms with E-state index in [1.54, 1.807) is 6.20 Å². The first-order valence-corrected chi connectivity index (χ1v) is 10.9. The maximum atomic E-state index is 10.8. The van der Waals surface area contributed by atoms with Crippen LogP contribution in [0.15, 0.2) is 24.4 Å². The molecule has 1 saturated heterocycles. The predicted molar refractivity (Wildman–Crippen MR) is 112 cm³/mol. The van der Waals surface area contributed by atoms with Gasteiger partial charge < -0.3 is 19.8 Å². The lowest BCUT2D eigenvalue weighted by atomic mass is 9.81. The summed E-state index contributed by atoms with van der Waals surface area (Å²) in [6.45, 7) is 3.20. The van der Waals surface area contributed by atoms with Crippen LogP contribution in [0.1, 0.15) is 36.5 Å². The standard InChI is InChI=1S/C20H22N6O4S/c1-12-3-2-4-14-17(12)13(27)9-20(30-14)5-7-25(8-6-20)19-21-10-15(31-19)18-22-24-26(23-18)11-16(28)29/h2-4,10,13,27H,5-9,11H2,1H3,(H,28,29). The minimum atomic E-state index is -1.02. The molecule has 4 heterocycles. The SMILES string of the molecule is Cc1cccc2c1C(O)CC1(CCN(c3ncc(-c4nnn(CC(=O)O)n4)s3)CC1)O2. The molecule has 0 amide bonds. The molecule has 1 spiro atoms. The number of carboxylic acids is 1. The second-order valence-corrected chi connectivity index (χ2v) is 9.03. The van der Waals surface area contributed by atoms with Gasteiger partial charge in [-0.15, -0.1) is 10.2 Å². The Morgan fingerprint density at radius 3 is 2.94 bits per heavy atom. The summed E-state index contributed by atoms with van der Waals surface area (Å²) in [5, 5.41) is 32.2. The van der Waals surface area contributed by atoms with Crippen LogP contribution in [0.5, 0.6) is 5.75 Å². The highest BCUT2D eigenvalue weighted by molar-refractivity contribution is 7.18. The highest BCUT2D eigenvalue weighted by Gasteiger charge is 2.43. The Kier molecular flexibility index (Phi) is 4.86. The van der Waals surface area contributed by atoms with Gasteiger partial charge in [0.05, 0.1) is 17.2 Å². The third-order valence-corrected chi connectivity index (χ3v) is 6.95. The normalized spacial score (nSPS) is 19.8. The number of aryl methyl sites for hydroxylation is 1. The number of hydrogen-bond acceptors (Lipinski definition) is 9. The molecular formula is C20H22N6O4S. The smallest absolute Gasteiger partial charge is 0.327 e. The molecule has 2 aliphatic heterocycles. The number of nitrogens with zero attached hydrogens (tertiary/aromatic N) is 6. The van der Waals surface area contributed by atoms with Gasteiger partial charge in [-0.2, -0.15) is 4.80 Å². The first kappa shape index (κ1) is 19.9. The molecule has 3 aromatic rings. The Morgan fingerprint density at radius 2 is 2.16 bits per heavy atom. The van der Waals surface area contributed by atoms with Crippen LogP contribution >= 0.6 is 11.3 Å². The highest BCUT2D eigenvalue weighted by Crippen LogP contribution is 2.46. The van der Waals surface area contributed by atoms with Gasteiger partial charge >= 0.3 is 5.97 Å². The number of aliphatic hydroxyl groups is 1. The number of benzene rings is 1.